The topological polar surface area (TPSA) is 96.2 Å². The Hall–Kier alpha value is -2.68. The molecule has 2 amide bonds. The van der Waals surface area contributed by atoms with Crippen molar-refractivity contribution in [3.05, 3.63) is 38.9 Å². The van der Waals surface area contributed by atoms with E-state index >= 15 is 0 Å². The van der Waals surface area contributed by atoms with Gasteiger partial charge in [0.25, 0.3) is 11.6 Å². The molecular weight excluding hydrogens is 532 g/mol. The fraction of sp³-hybridized carbons (Fsp3) is 0.758. The Morgan fingerprint density at radius 2 is 1.67 bits per heavy atom. The Labute approximate surface area is 251 Å². The molecular formula is C33H50N4O5. The van der Waals surface area contributed by atoms with Crippen LogP contribution in [0.4, 0.5) is 10.5 Å². The number of carbonyl (C=O) groups is 2. The van der Waals surface area contributed by atoms with Crippen LogP contribution in [0.2, 0.25) is 0 Å². The van der Waals surface area contributed by atoms with Crippen LogP contribution < -0.4 is 0 Å². The van der Waals surface area contributed by atoms with E-state index in [1.54, 1.807) is 13.8 Å². The van der Waals surface area contributed by atoms with Gasteiger partial charge in [-0.05, 0) is 63.0 Å². The molecule has 9 nitrogen and oxygen atoms in total. The zero-order valence-electron chi connectivity index (χ0n) is 25.9. The molecule has 1 saturated carbocycles. The summed E-state index contributed by atoms with van der Waals surface area (Å²) in [5.41, 5.74) is 1.60. The maximum Gasteiger partial charge on any atom is 0.410 e. The largest absolute Gasteiger partial charge is 0.442 e. The van der Waals surface area contributed by atoms with E-state index in [9.17, 15) is 19.7 Å². The number of non-ortho nitro benzene ring substituents is 1. The number of nitro benzene ring substituents is 1. The van der Waals surface area contributed by atoms with Crippen LogP contribution in [0.1, 0.15) is 105 Å². The Morgan fingerprint density at radius 1 is 1.02 bits per heavy atom. The fourth-order valence-corrected chi connectivity index (χ4v) is 8.22. The van der Waals surface area contributed by atoms with Crippen LogP contribution in [-0.2, 0) is 4.74 Å². The number of carbonyl (C=O) groups excluding carboxylic acids is 2. The molecule has 4 fully saturated rings. The molecule has 3 saturated heterocycles. The van der Waals surface area contributed by atoms with Crippen molar-refractivity contribution >= 4 is 17.7 Å². The van der Waals surface area contributed by atoms with E-state index in [-0.39, 0.29) is 23.3 Å². The van der Waals surface area contributed by atoms with E-state index < -0.39 is 4.92 Å². The number of amides is 2. The predicted molar refractivity (Wildman–Crippen MR) is 163 cm³/mol. The normalized spacial score (nSPS) is 24.2. The first-order valence-corrected chi connectivity index (χ1v) is 16.5. The Bertz CT molecular complexity index is 1110. The minimum absolute atomic E-state index is 0.0263. The van der Waals surface area contributed by atoms with Crippen LogP contribution in [0.15, 0.2) is 12.1 Å². The van der Waals surface area contributed by atoms with Crippen molar-refractivity contribution in [2.24, 2.45) is 11.8 Å². The van der Waals surface area contributed by atoms with E-state index in [1.165, 1.54) is 50.7 Å². The second-order valence-corrected chi connectivity index (χ2v) is 13.5. The molecule has 0 aromatic heterocycles. The van der Waals surface area contributed by atoms with Gasteiger partial charge in [0, 0.05) is 81.8 Å². The van der Waals surface area contributed by atoms with E-state index in [4.69, 9.17) is 4.74 Å². The summed E-state index contributed by atoms with van der Waals surface area (Å²) in [6.07, 6.45) is 13.3. The van der Waals surface area contributed by atoms with Gasteiger partial charge in [-0.15, -0.1) is 0 Å². The lowest BCUT2D eigenvalue weighted by atomic mass is 9.75. The van der Waals surface area contributed by atoms with Gasteiger partial charge in [0.15, 0.2) is 0 Å². The highest BCUT2D eigenvalue weighted by Crippen LogP contribution is 2.42. The number of nitrogens with zero attached hydrogens (tertiary/aromatic N) is 4. The van der Waals surface area contributed by atoms with Gasteiger partial charge in [-0.3, -0.25) is 19.8 Å². The van der Waals surface area contributed by atoms with E-state index in [0.717, 1.165) is 64.7 Å². The molecule has 3 aliphatic heterocycles. The lowest BCUT2D eigenvalue weighted by Gasteiger charge is -2.52. The summed E-state index contributed by atoms with van der Waals surface area (Å²) in [5, 5.41) is 11.2. The van der Waals surface area contributed by atoms with Gasteiger partial charge in [-0.2, -0.15) is 0 Å². The first kappa shape index (κ1) is 30.8. The summed E-state index contributed by atoms with van der Waals surface area (Å²) >= 11 is 0. The molecule has 5 rings (SSSR count). The molecule has 1 spiro atoms. The number of hydrogen-bond acceptors (Lipinski definition) is 6. The van der Waals surface area contributed by atoms with Gasteiger partial charge in [0.1, 0.15) is 5.60 Å². The fourth-order valence-electron chi connectivity index (χ4n) is 8.22. The zero-order valence-corrected chi connectivity index (χ0v) is 25.9. The number of nitro groups is 1. The van der Waals surface area contributed by atoms with Crippen LogP contribution in [0.25, 0.3) is 0 Å². The van der Waals surface area contributed by atoms with Crippen LogP contribution in [0, 0.1) is 35.8 Å². The van der Waals surface area contributed by atoms with Crippen LogP contribution in [-0.4, -0.2) is 82.5 Å². The highest BCUT2D eigenvalue weighted by atomic mass is 16.6. The SMILES string of the molecule is CCCCC1CN(CC2CCCCC2)C(=O)OC12CCN(C1CCN(C(=O)c3c(C)cc([N+](=O)[O-])cc3C)CC1)CC2. The number of rotatable bonds is 8. The molecule has 1 aromatic carbocycles. The molecule has 42 heavy (non-hydrogen) atoms. The summed E-state index contributed by atoms with van der Waals surface area (Å²) in [7, 11) is 0. The lowest BCUT2D eigenvalue weighted by Crippen LogP contribution is -2.61. The van der Waals surface area contributed by atoms with Crippen LogP contribution in [0.5, 0.6) is 0 Å². The first-order valence-electron chi connectivity index (χ1n) is 16.5. The second-order valence-electron chi connectivity index (χ2n) is 13.5. The molecule has 1 aromatic rings. The highest BCUT2D eigenvalue weighted by molar-refractivity contribution is 5.97. The first-order chi connectivity index (χ1) is 20.2. The quantitative estimate of drug-likeness (QED) is 0.257. The van der Waals surface area contributed by atoms with Crippen molar-refractivity contribution in [1.29, 1.82) is 0 Å². The third-order valence-electron chi connectivity index (χ3n) is 10.7. The van der Waals surface area contributed by atoms with Crippen molar-refractivity contribution in [3.63, 3.8) is 0 Å². The number of ether oxygens (including phenoxy) is 1. The number of benzene rings is 1. The molecule has 0 radical (unpaired) electrons. The smallest absolute Gasteiger partial charge is 0.410 e. The molecule has 232 valence electrons. The van der Waals surface area contributed by atoms with Crippen LogP contribution >= 0.6 is 0 Å². The van der Waals surface area contributed by atoms with Gasteiger partial charge in [-0.25, -0.2) is 4.79 Å². The lowest BCUT2D eigenvalue weighted by molar-refractivity contribution is -0.385. The number of unbranched alkanes of at least 4 members (excludes halogenated alkanes) is 1. The van der Waals surface area contributed by atoms with E-state index in [0.29, 0.717) is 47.7 Å². The van der Waals surface area contributed by atoms with Gasteiger partial charge in [0.05, 0.1) is 4.92 Å². The number of piperidine rings is 2. The predicted octanol–water partition coefficient (Wildman–Crippen LogP) is 6.49. The molecule has 1 aliphatic carbocycles. The molecule has 4 aliphatic rings. The molecule has 1 unspecified atom stereocenters. The Kier molecular flexibility index (Phi) is 9.75. The van der Waals surface area contributed by atoms with Crippen molar-refractivity contribution in [2.45, 2.75) is 109 Å². The highest BCUT2D eigenvalue weighted by Gasteiger charge is 2.50. The molecule has 9 heteroatoms. The summed E-state index contributed by atoms with van der Waals surface area (Å²) in [5.74, 6) is 0.996. The van der Waals surface area contributed by atoms with Gasteiger partial charge in [0.2, 0.25) is 0 Å². The number of aryl methyl sites for hydroxylation is 2. The molecule has 1 atom stereocenters. The third-order valence-corrected chi connectivity index (χ3v) is 10.7. The Balaban J connectivity index is 1.16. The Morgan fingerprint density at radius 3 is 2.26 bits per heavy atom. The van der Waals surface area contributed by atoms with Gasteiger partial charge >= 0.3 is 6.09 Å². The van der Waals surface area contributed by atoms with Gasteiger partial charge in [-0.1, -0.05) is 39.0 Å². The number of hydrogen-bond donors (Lipinski definition) is 0. The molecule has 0 N–H and O–H groups in total. The maximum atomic E-state index is 13.4. The van der Waals surface area contributed by atoms with Crippen LogP contribution in [0.3, 0.4) is 0 Å². The van der Waals surface area contributed by atoms with Gasteiger partial charge < -0.3 is 14.5 Å². The monoisotopic (exact) mass is 582 g/mol. The molecule has 3 heterocycles. The maximum absolute atomic E-state index is 13.4. The third kappa shape index (κ3) is 6.61. The van der Waals surface area contributed by atoms with Crippen molar-refractivity contribution < 1.29 is 19.2 Å². The summed E-state index contributed by atoms with van der Waals surface area (Å²) < 4.78 is 6.42. The second kappa shape index (κ2) is 13.3. The molecule has 0 bridgehead atoms. The minimum Gasteiger partial charge on any atom is -0.442 e. The van der Waals surface area contributed by atoms with Crippen molar-refractivity contribution in [3.8, 4) is 0 Å². The zero-order chi connectivity index (χ0) is 29.9. The minimum atomic E-state index is -0.406. The standard InChI is InChI=1S/C33H50N4O5/c1-4-5-11-27-23-36(22-26-9-7-6-8-10-26)32(39)42-33(27)14-18-34(19-15-33)28-12-16-35(17-13-28)31(38)30-24(2)20-29(37(40)41)21-25(30)3/h20-21,26-28H,4-19,22-23H2,1-3H3. The average Bonchev–Trinajstić information content (AvgIpc) is 2.98. The summed E-state index contributed by atoms with van der Waals surface area (Å²) in [4.78, 5) is 44.0. The van der Waals surface area contributed by atoms with Crippen molar-refractivity contribution in [1.82, 2.24) is 14.7 Å². The average molecular weight is 583 g/mol. The number of likely N-dealkylation sites (tertiary alicyclic amines) is 2. The van der Waals surface area contributed by atoms with E-state index in [1.807, 2.05) is 9.80 Å². The van der Waals surface area contributed by atoms with Crippen molar-refractivity contribution in [2.75, 3.05) is 39.3 Å². The summed E-state index contributed by atoms with van der Waals surface area (Å²) in [6.45, 7) is 10.7. The summed E-state index contributed by atoms with van der Waals surface area (Å²) in [6, 6.07) is 3.41. The van der Waals surface area contributed by atoms with E-state index in [2.05, 4.69) is 11.8 Å².